The monoisotopic (exact) mass is 473 g/mol. The van der Waals surface area contributed by atoms with Crippen LogP contribution in [0, 0.1) is 12.8 Å². The summed E-state index contributed by atoms with van der Waals surface area (Å²) >= 11 is 0. The summed E-state index contributed by atoms with van der Waals surface area (Å²) < 4.78 is 44.9. The maximum atomic E-state index is 13.1. The number of halogens is 3. The van der Waals surface area contributed by atoms with Crippen molar-refractivity contribution in [1.29, 1.82) is 0 Å². The van der Waals surface area contributed by atoms with Gasteiger partial charge in [0.25, 0.3) is 0 Å². The molecule has 0 spiro atoms. The van der Waals surface area contributed by atoms with Gasteiger partial charge in [-0.3, -0.25) is 4.79 Å². The van der Waals surface area contributed by atoms with Crippen molar-refractivity contribution in [2.45, 2.75) is 32.3 Å². The van der Waals surface area contributed by atoms with E-state index in [1.54, 1.807) is 24.3 Å². The molecular formula is C23H22F3N5O3. The zero-order valence-electron chi connectivity index (χ0n) is 18.1. The summed E-state index contributed by atoms with van der Waals surface area (Å²) in [7, 11) is 0. The number of amides is 1. The third-order valence-electron chi connectivity index (χ3n) is 5.07. The Morgan fingerprint density at radius 1 is 1.06 bits per heavy atom. The minimum Gasteiger partial charge on any atom is -0.439 e. The molecule has 1 aliphatic carbocycles. The second kappa shape index (κ2) is 9.56. The highest BCUT2D eigenvalue weighted by molar-refractivity contribution is 5.93. The van der Waals surface area contributed by atoms with Crippen LogP contribution in [0.5, 0.6) is 11.6 Å². The van der Waals surface area contributed by atoms with E-state index in [2.05, 4.69) is 25.9 Å². The van der Waals surface area contributed by atoms with Crippen LogP contribution in [0.2, 0.25) is 0 Å². The Balaban J connectivity index is 1.34. The van der Waals surface area contributed by atoms with Gasteiger partial charge in [0, 0.05) is 23.4 Å². The molecule has 11 heteroatoms. The van der Waals surface area contributed by atoms with E-state index in [0.717, 1.165) is 18.9 Å². The van der Waals surface area contributed by atoms with E-state index < -0.39 is 18.1 Å². The van der Waals surface area contributed by atoms with E-state index >= 15 is 0 Å². The number of aliphatic hydroxyl groups is 1. The normalized spacial score (nSPS) is 14.3. The zero-order chi connectivity index (χ0) is 24.3. The smallest absolute Gasteiger partial charge is 0.416 e. The third kappa shape index (κ3) is 6.13. The Hall–Kier alpha value is -3.86. The van der Waals surface area contributed by atoms with Crippen LogP contribution >= 0.6 is 0 Å². The number of carbonyl (C=O) groups is 1. The number of alkyl halides is 3. The van der Waals surface area contributed by atoms with Gasteiger partial charge in [-0.25, -0.2) is 9.97 Å². The zero-order valence-corrected chi connectivity index (χ0v) is 18.1. The number of benzene rings is 2. The van der Waals surface area contributed by atoms with Gasteiger partial charge >= 0.3 is 6.18 Å². The van der Waals surface area contributed by atoms with Gasteiger partial charge in [-0.2, -0.15) is 13.2 Å². The van der Waals surface area contributed by atoms with E-state index in [-0.39, 0.29) is 29.0 Å². The highest BCUT2D eigenvalue weighted by atomic mass is 19.4. The Kier molecular flexibility index (Phi) is 6.55. The first kappa shape index (κ1) is 23.3. The fraction of sp³-hybridized carbons (Fsp3) is 0.261. The van der Waals surface area contributed by atoms with Gasteiger partial charge in [-0.15, -0.1) is 0 Å². The number of aliphatic hydroxyl groups excluding tert-OH is 1. The van der Waals surface area contributed by atoms with Gasteiger partial charge in [0.1, 0.15) is 17.9 Å². The number of ether oxygens (including phenoxy) is 1. The van der Waals surface area contributed by atoms with E-state index in [0.29, 0.717) is 17.3 Å². The minimum atomic E-state index is -4.48. The van der Waals surface area contributed by atoms with Crippen LogP contribution in [0.15, 0.2) is 54.9 Å². The van der Waals surface area contributed by atoms with Crippen LogP contribution in [-0.4, -0.2) is 27.3 Å². The Bertz CT molecular complexity index is 1170. The summed E-state index contributed by atoms with van der Waals surface area (Å²) in [6, 6.07) is 11.7. The van der Waals surface area contributed by atoms with Crippen LogP contribution in [0.3, 0.4) is 0 Å². The number of aryl methyl sites for hydroxylation is 1. The van der Waals surface area contributed by atoms with E-state index in [1.165, 1.54) is 31.5 Å². The second-order valence-corrected chi connectivity index (χ2v) is 7.85. The fourth-order valence-corrected chi connectivity index (χ4v) is 3.15. The quantitative estimate of drug-likeness (QED) is 0.350. The molecule has 2 aromatic carbocycles. The van der Waals surface area contributed by atoms with Crippen molar-refractivity contribution >= 4 is 23.1 Å². The lowest BCUT2D eigenvalue weighted by Crippen LogP contribution is -2.28. The molecule has 1 atom stereocenters. The summed E-state index contributed by atoms with van der Waals surface area (Å²) in [5, 5.41) is 18.2. The molecule has 1 amide bonds. The second-order valence-electron chi connectivity index (χ2n) is 7.85. The molecule has 1 unspecified atom stereocenters. The molecule has 0 radical (unpaired) electrons. The number of nitrogens with one attached hydrogen (secondary N) is 3. The van der Waals surface area contributed by atoms with Gasteiger partial charge in [0.2, 0.25) is 18.1 Å². The topological polar surface area (TPSA) is 108 Å². The Morgan fingerprint density at radius 3 is 2.41 bits per heavy atom. The predicted molar refractivity (Wildman–Crippen MR) is 119 cm³/mol. The first-order chi connectivity index (χ1) is 16.2. The molecule has 8 nitrogen and oxygen atoms in total. The summed E-state index contributed by atoms with van der Waals surface area (Å²) in [4.78, 5) is 19.9. The molecule has 1 heterocycles. The molecule has 1 aliphatic rings. The molecule has 4 N–H and O–H groups in total. The maximum Gasteiger partial charge on any atom is 0.416 e. The summed E-state index contributed by atoms with van der Waals surface area (Å²) in [6.07, 6.45) is -2.78. The van der Waals surface area contributed by atoms with E-state index in [9.17, 15) is 23.1 Å². The third-order valence-corrected chi connectivity index (χ3v) is 5.07. The van der Waals surface area contributed by atoms with Crippen LogP contribution in [-0.2, 0) is 11.0 Å². The molecule has 0 saturated heterocycles. The molecule has 1 saturated carbocycles. The van der Waals surface area contributed by atoms with Crippen LogP contribution in [0.25, 0.3) is 0 Å². The molecule has 1 fully saturated rings. The molecule has 4 rings (SSSR count). The largest absolute Gasteiger partial charge is 0.439 e. The molecule has 0 bridgehead atoms. The lowest BCUT2D eigenvalue weighted by atomic mass is 10.1. The SMILES string of the molecule is Cc1ccc(NC(O)Nc2ccc(Oc3cc(NC(=O)C4CC4)ncn3)cc2)cc1C(F)(F)F. The van der Waals surface area contributed by atoms with E-state index in [4.69, 9.17) is 4.74 Å². The number of aromatic nitrogens is 2. The number of anilines is 3. The van der Waals surface area contributed by atoms with Crippen molar-refractivity contribution in [2.75, 3.05) is 16.0 Å². The average Bonchev–Trinajstić information content (AvgIpc) is 3.62. The van der Waals surface area contributed by atoms with Gasteiger partial charge in [-0.1, -0.05) is 6.07 Å². The molecule has 1 aromatic heterocycles. The summed E-state index contributed by atoms with van der Waals surface area (Å²) in [5.41, 5.74) is -0.0647. The lowest BCUT2D eigenvalue weighted by Gasteiger charge is -2.19. The predicted octanol–water partition coefficient (Wildman–Crippen LogP) is 4.74. The van der Waals surface area contributed by atoms with Crippen molar-refractivity contribution in [1.82, 2.24) is 9.97 Å². The van der Waals surface area contributed by atoms with Crippen LogP contribution in [0.1, 0.15) is 24.0 Å². The number of rotatable bonds is 8. The summed E-state index contributed by atoms with van der Waals surface area (Å²) in [5.74, 6) is 0.997. The van der Waals surface area contributed by atoms with E-state index in [1.807, 2.05) is 0 Å². The van der Waals surface area contributed by atoms with Gasteiger partial charge in [0.15, 0.2) is 0 Å². The minimum absolute atomic E-state index is 0.0434. The number of carbonyl (C=O) groups excluding carboxylic acids is 1. The average molecular weight is 473 g/mol. The van der Waals surface area contributed by atoms with Crippen molar-refractivity contribution in [2.24, 2.45) is 5.92 Å². The van der Waals surface area contributed by atoms with Crippen molar-refractivity contribution in [3.8, 4) is 11.6 Å². The van der Waals surface area contributed by atoms with Gasteiger partial charge in [-0.05, 0) is 61.7 Å². The highest BCUT2D eigenvalue weighted by Gasteiger charge is 2.32. The number of nitrogens with zero attached hydrogens (tertiary/aromatic N) is 2. The molecule has 178 valence electrons. The van der Waals surface area contributed by atoms with Crippen LogP contribution in [0.4, 0.5) is 30.4 Å². The highest BCUT2D eigenvalue weighted by Crippen LogP contribution is 2.34. The molecule has 0 aliphatic heterocycles. The van der Waals surface area contributed by atoms with Crippen molar-refractivity contribution in [3.05, 3.63) is 66.0 Å². The lowest BCUT2D eigenvalue weighted by molar-refractivity contribution is -0.138. The first-order valence-electron chi connectivity index (χ1n) is 10.5. The number of hydrogen-bond acceptors (Lipinski definition) is 7. The Labute approximate surface area is 193 Å². The molecular weight excluding hydrogens is 451 g/mol. The van der Waals surface area contributed by atoms with Gasteiger partial charge < -0.3 is 25.8 Å². The van der Waals surface area contributed by atoms with Gasteiger partial charge in [0.05, 0.1) is 5.56 Å². The summed E-state index contributed by atoms with van der Waals surface area (Å²) in [6.45, 7) is 1.37. The maximum absolute atomic E-state index is 13.1. The fourth-order valence-electron chi connectivity index (χ4n) is 3.15. The standard InChI is InChI=1S/C23H22F3N5O3/c1-13-2-5-16(10-18(13)23(24,25)26)30-22(33)29-15-6-8-17(9-7-15)34-20-11-19(27-12-28-20)31-21(32)14-3-4-14/h2,5-12,14,22,29-30,33H,3-4H2,1H3,(H,27,28,31,32). The Morgan fingerprint density at radius 2 is 1.74 bits per heavy atom. The molecule has 34 heavy (non-hydrogen) atoms. The number of hydrogen-bond donors (Lipinski definition) is 4. The first-order valence-corrected chi connectivity index (χ1v) is 10.5. The molecule has 3 aromatic rings. The van der Waals surface area contributed by atoms with Crippen molar-refractivity contribution in [3.63, 3.8) is 0 Å². The van der Waals surface area contributed by atoms with Crippen LogP contribution < -0.4 is 20.7 Å². The van der Waals surface area contributed by atoms with Crippen molar-refractivity contribution < 1.29 is 27.8 Å².